The zero-order chi connectivity index (χ0) is 21.1. The van der Waals surface area contributed by atoms with Gasteiger partial charge in [-0.2, -0.15) is 0 Å². The lowest BCUT2D eigenvalue weighted by Gasteiger charge is -2.15. The zero-order valence-corrected chi connectivity index (χ0v) is 16.9. The Labute approximate surface area is 174 Å². The number of halogens is 1. The minimum Gasteiger partial charge on any atom is -0.492 e. The Hall–Kier alpha value is -3.45. The molecule has 0 radical (unpaired) electrons. The van der Waals surface area contributed by atoms with Gasteiger partial charge in [-0.15, -0.1) is 5.10 Å². The Morgan fingerprint density at radius 3 is 2.73 bits per heavy atom. The second kappa shape index (κ2) is 8.51. The van der Waals surface area contributed by atoms with E-state index in [0.717, 1.165) is 28.2 Å². The van der Waals surface area contributed by atoms with Crippen LogP contribution in [0.2, 0.25) is 0 Å². The van der Waals surface area contributed by atoms with Crippen molar-refractivity contribution in [2.24, 2.45) is 5.73 Å². The molecule has 2 unspecified atom stereocenters. The normalized spacial score (nSPS) is 13.2. The molecule has 2 atom stereocenters. The molecule has 0 aliphatic heterocycles. The van der Waals surface area contributed by atoms with Crippen molar-refractivity contribution in [2.75, 3.05) is 11.9 Å². The lowest BCUT2D eigenvalue weighted by atomic mass is 10.1. The number of imidazole rings is 1. The zero-order valence-electron chi connectivity index (χ0n) is 16.9. The van der Waals surface area contributed by atoms with E-state index in [-0.39, 0.29) is 17.9 Å². The van der Waals surface area contributed by atoms with E-state index >= 15 is 0 Å². The number of anilines is 1. The topological polar surface area (TPSA) is 77.5 Å². The molecule has 0 spiro atoms. The smallest absolute Gasteiger partial charge is 0.154 e. The molecule has 4 aromatic rings. The van der Waals surface area contributed by atoms with Gasteiger partial charge in [0.25, 0.3) is 0 Å². The van der Waals surface area contributed by atoms with Gasteiger partial charge >= 0.3 is 0 Å². The maximum absolute atomic E-state index is 13.5. The summed E-state index contributed by atoms with van der Waals surface area (Å²) in [7, 11) is 0. The number of nitrogens with one attached hydrogen (secondary N) is 1. The van der Waals surface area contributed by atoms with Gasteiger partial charge in [0.2, 0.25) is 0 Å². The quantitative estimate of drug-likeness (QED) is 0.475. The van der Waals surface area contributed by atoms with E-state index in [1.165, 1.54) is 12.1 Å². The van der Waals surface area contributed by atoms with E-state index in [1.807, 2.05) is 56.3 Å². The molecule has 2 aromatic carbocycles. The molecule has 3 N–H and O–H groups in total. The summed E-state index contributed by atoms with van der Waals surface area (Å²) in [6.45, 7) is 4.31. The van der Waals surface area contributed by atoms with Gasteiger partial charge in [0.05, 0.1) is 17.9 Å². The molecule has 0 amide bonds. The average molecular weight is 405 g/mol. The monoisotopic (exact) mass is 405 g/mol. The van der Waals surface area contributed by atoms with Gasteiger partial charge in [0, 0.05) is 11.6 Å². The Morgan fingerprint density at radius 2 is 1.93 bits per heavy atom. The highest BCUT2D eigenvalue weighted by atomic mass is 19.1. The summed E-state index contributed by atoms with van der Waals surface area (Å²) >= 11 is 0. The summed E-state index contributed by atoms with van der Waals surface area (Å²) in [4.78, 5) is 4.45. The van der Waals surface area contributed by atoms with Crippen molar-refractivity contribution in [3.8, 4) is 17.0 Å². The molecule has 2 aromatic heterocycles. The molecule has 154 valence electrons. The van der Waals surface area contributed by atoms with Crippen LogP contribution in [0.25, 0.3) is 16.9 Å². The highest BCUT2D eigenvalue weighted by molar-refractivity contribution is 5.65. The number of aromatic nitrogens is 3. The molecule has 0 saturated carbocycles. The van der Waals surface area contributed by atoms with Crippen molar-refractivity contribution >= 4 is 11.5 Å². The van der Waals surface area contributed by atoms with E-state index in [0.29, 0.717) is 12.4 Å². The van der Waals surface area contributed by atoms with Crippen LogP contribution in [0.4, 0.5) is 10.2 Å². The maximum atomic E-state index is 13.5. The fourth-order valence-electron chi connectivity index (χ4n) is 3.20. The van der Waals surface area contributed by atoms with Gasteiger partial charge in [-0.25, -0.2) is 13.9 Å². The van der Waals surface area contributed by atoms with Gasteiger partial charge in [-0.3, -0.25) is 0 Å². The predicted octanol–water partition coefficient (Wildman–Crippen LogP) is 4.43. The molecular weight excluding hydrogens is 381 g/mol. The third-order valence-electron chi connectivity index (χ3n) is 4.72. The van der Waals surface area contributed by atoms with Crippen LogP contribution in [0.3, 0.4) is 0 Å². The Kier molecular flexibility index (Phi) is 5.63. The second-order valence-electron chi connectivity index (χ2n) is 7.37. The molecule has 30 heavy (non-hydrogen) atoms. The van der Waals surface area contributed by atoms with Gasteiger partial charge in [0.1, 0.15) is 24.0 Å². The van der Waals surface area contributed by atoms with E-state index < -0.39 is 0 Å². The van der Waals surface area contributed by atoms with Crippen molar-refractivity contribution in [1.29, 1.82) is 0 Å². The molecule has 4 rings (SSSR count). The summed E-state index contributed by atoms with van der Waals surface area (Å²) in [6, 6.07) is 17.9. The lowest BCUT2D eigenvalue weighted by Crippen LogP contribution is -2.23. The van der Waals surface area contributed by atoms with Gasteiger partial charge in [-0.1, -0.05) is 24.3 Å². The summed E-state index contributed by atoms with van der Waals surface area (Å²) < 4.78 is 21.1. The first-order valence-corrected chi connectivity index (χ1v) is 9.85. The van der Waals surface area contributed by atoms with Crippen LogP contribution in [0.15, 0.2) is 66.9 Å². The highest BCUT2D eigenvalue weighted by Crippen LogP contribution is 2.26. The van der Waals surface area contributed by atoms with E-state index in [1.54, 1.807) is 16.8 Å². The van der Waals surface area contributed by atoms with E-state index in [9.17, 15) is 4.39 Å². The fourth-order valence-corrected chi connectivity index (χ4v) is 3.20. The van der Waals surface area contributed by atoms with Crippen molar-refractivity contribution in [3.63, 3.8) is 0 Å². The fraction of sp³-hybridized carbons (Fsp3) is 0.217. The number of fused-ring (bicyclic) bond motifs is 1. The molecule has 0 aliphatic rings. The number of hydrogen-bond donors (Lipinski definition) is 2. The van der Waals surface area contributed by atoms with Crippen LogP contribution in [0.1, 0.15) is 25.5 Å². The van der Waals surface area contributed by atoms with Crippen LogP contribution in [-0.4, -0.2) is 27.2 Å². The SMILES string of the molecule is CC(N)COc1cccc(-c2cnc3ccc(NC(C)c4cccc(F)c4)nn23)c1. The maximum Gasteiger partial charge on any atom is 0.154 e. The lowest BCUT2D eigenvalue weighted by molar-refractivity contribution is 0.296. The first-order chi connectivity index (χ1) is 14.5. The van der Waals surface area contributed by atoms with E-state index in [4.69, 9.17) is 15.6 Å². The van der Waals surface area contributed by atoms with Gasteiger partial charge < -0.3 is 15.8 Å². The first kappa shape index (κ1) is 19.8. The van der Waals surface area contributed by atoms with Crippen LogP contribution in [0.5, 0.6) is 5.75 Å². The number of nitrogens with two attached hydrogens (primary N) is 1. The molecule has 0 fully saturated rings. The minimum absolute atomic E-state index is 0.0418. The summed E-state index contributed by atoms with van der Waals surface area (Å²) in [6.07, 6.45) is 1.78. The Balaban J connectivity index is 1.61. The van der Waals surface area contributed by atoms with Crippen LogP contribution in [0, 0.1) is 5.82 Å². The predicted molar refractivity (Wildman–Crippen MR) is 116 cm³/mol. The number of benzene rings is 2. The average Bonchev–Trinajstić information content (AvgIpc) is 3.16. The molecule has 0 aliphatic carbocycles. The third-order valence-corrected chi connectivity index (χ3v) is 4.72. The molecule has 6 nitrogen and oxygen atoms in total. The number of ether oxygens (including phenoxy) is 1. The van der Waals surface area contributed by atoms with Crippen LogP contribution in [-0.2, 0) is 0 Å². The molecular formula is C23H24FN5O. The molecule has 2 heterocycles. The Morgan fingerprint density at radius 1 is 1.10 bits per heavy atom. The summed E-state index contributed by atoms with van der Waals surface area (Å²) in [5.74, 6) is 1.16. The number of hydrogen-bond acceptors (Lipinski definition) is 5. The minimum atomic E-state index is -0.257. The van der Waals surface area contributed by atoms with Crippen molar-refractivity contribution in [3.05, 3.63) is 78.2 Å². The largest absolute Gasteiger partial charge is 0.492 e. The first-order valence-electron chi connectivity index (χ1n) is 9.85. The summed E-state index contributed by atoms with van der Waals surface area (Å²) in [5, 5.41) is 8.02. The standard InChI is InChI=1S/C23H24FN5O/c1-15(25)14-30-20-8-4-6-18(12-20)21-13-26-23-10-9-22(28-29(21)23)27-16(2)17-5-3-7-19(24)11-17/h3-13,15-16H,14,25H2,1-2H3,(H,27,28). The molecule has 7 heteroatoms. The molecule has 0 saturated heterocycles. The van der Waals surface area contributed by atoms with Crippen molar-refractivity contribution < 1.29 is 9.13 Å². The van der Waals surface area contributed by atoms with E-state index in [2.05, 4.69) is 10.3 Å². The van der Waals surface area contributed by atoms with Crippen molar-refractivity contribution in [2.45, 2.75) is 25.9 Å². The van der Waals surface area contributed by atoms with Crippen molar-refractivity contribution in [1.82, 2.24) is 14.6 Å². The Bertz CT molecular complexity index is 1160. The highest BCUT2D eigenvalue weighted by Gasteiger charge is 2.12. The number of nitrogens with zero attached hydrogens (tertiary/aromatic N) is 3. The molecule has 0 bridgehead atoms. The van der Waals surface area contributed by atoms with Crippen LogP contribution >= 0.6 is 0 Å². The van der Waals surface area contributed by atoms with Crippen LogP contribution < -0.4 is 15.8 Å². The van der Waals surface area contributed by atoms with Gasteiger partial charge in [0.15, 0.2) is 5.65 Å². The second-order valence-corrected chi connectivity index (χ2v) is 7.37. The van der Waals surface area contributed by atoms with Gasteiger partial charge in [-0.05, 0) is 55.8 Å². The third kappa shape index (κ3) is 4.41. The summed E-state index contributed by atoms with van der Waals surface area (Å²) in [5.41, 5.74) is 9.14. The number of rotatable bonds is 7.